The van der Waals surface area contributed by atoms with Gasteiger partial charge in [-0.05, 0) is 40.0 Å². The minimum Gasteiger partial charge on any atom is -0.382 e. The molecule has 0 unspecified atom stereocenters. The van der Waals surface area contributed by atoms with Crippen molar-refractivity contribution in [1.29, 1.82) is 0 Å². The molecule has 3 nitrogen and oxygen atoms in total. The van der Waals surface area contributed by atoms with Gasteiger partial charge in [0.05, 0.1) is 11.4 Å². The lowest BCUT2D eigenvalue weighted by atomic mass is 10.1. The number of hydrogen-bond acceptors (Lipinski definition) is 2. The Morgan fingerprint density at radius 2 is 2.27 bits per heavy atom. The molecule has 0 aromatic heterocycles. The second-order valence-electron chi connectivity index (χ2n) is 3.58. The molecule has 1 aromatic carbocycles. The zero-order valence-electron chi connectivity index (χ0n) is 8.56. The van der Waals surface area contributed by atoms with E-state index < -0.39 is 0 Å². The monoisotopic (exact) mass is 268 g/mol. The van der Waals surface area contributed by atoms with Crippen molar-refractivity contribution < 1.29 is 4.79 Å². The molecule has 1 aromatic rings. The summed E-state index contributed by atoms with van der Waals surface area (Å²) < 4.78 is 1.01. The molecule has 4 heteroatoms. The van der Waals surface area contributed by atoms with Crippen molar-refractivity contribution in [3.63, 3.8) is 0 Å². The summed E-state index contributed by atoms with van der Waals surface area (Å²) in [7, 11) is 0. The number of carbonyl (C=O) groups excluding carboxylic acids is 1. The van der Waals surface area contributed by atoms with Crippen LogP contribution in [-0.4, -0.2) is 12.5 Å². The third-order valence-corrected chi connectivity index (χ3v) is 3.11. The lowest BCUT2D eigenvalue weighted by Crippen LogP contribution is -2.10. The summed E-state index contributed by atoms with van der Waals surface area (Å²) in [6.07, 6.45) is 1.48. The van der Waals surface area contributed by atoms with Crippen molar-refractivity contribution in [3.8, 4) is 0 Å². The van der Waals surface area contributed by atoms with E-state index in [1.54, 1.807) is 0 Å². The lowest BCUT2D eigenvalue weighted by molar-refractivity contribution is -0.115. The summed E-state index contributed by atoms with van der Waals surface area (Å²) in [6, 6.07) is 4.11. The molecular weight excluding hydrogens is 256 g/mol. The number of halogens is 1. The first-order valence-electron chi connectivity index (χ1n) is 5.07. The minimum absolute atomic E-state index is 0.0707. The second-order valence-corrected chi connectivity index (χ2v) is 4.43. The maximum atomic E-state index is 11.4. The van der Waals surface area contributed by atoms with Gasteiger partial charge in [-0.25, -0.2) is 0 Å². The SMILES string of the molecule is CCc1cc(Br)c2c(c1)NC(=O)CCN2. The van der Waals surface area contributed by atoms with E-state index in [4.69, 9.17) is 0 Å². The normalized spacial score (nSPS) is 14.9. The number of anilines is 2. The van der Waals surface area contributed by atoms with Gasteiger partial charge < -0.3 is 10.6 Å². The fourth-order valence-corrected chi connectivity index (χ4v) is 2.31. The highest BCUT2D eigenvalue weighted by atomic mass is 79.9. The van der Waals surface area contributed by atoms with Crippen LogP contribution in [0.15, 0.2) is 16.6 Å². The minimum atomic E-state index is 0.0707. The third kappa shape index (κ3) is 2.15. The van der Waals surface area contributed by atoms with Gasteiger partial charge >= 0.3 is 0 Å². The number of carbonyl (C=O) groups is 1. The highest BCUT2D eigenvalue weighted by molar-refractivity contribution is 9.10. The van der Waals surface area contributed by atoms with Crippen LogP contribution in [0, 0.1) is 0 Å². The van der Waals surface area contributed by atoms with Crippen LogP contribution in [-0.2, 0) is 11.2 Å². The van der Waals surface area contributed by atoms with E-state index >= 15 is 0 Å². The fraction of sp³-hybridized carbons (Fsp3) is 0.364. The number of amides is 1. The van der Waals surface area contributed by atoms with Gasteiger partial charge in [0.15, 0.2) is 0 Å². The van der Waals surface area contributed by atoms with Crippen LogP contribution in [0.4, 0.5) is 11.4 Å². The Bertz CT molecular complexity index is 404. The molecule has 0 atom stereocenters. The molecule has 0 aliphatic carbocycles. The fourth-order valence-electron chi connectivity index (χ4n) is 1.66. The van der Waals surface area contributed by atoms with Gasteiger partial charge in [0, 0.05) is 17.4 Å². The molecule has 1 amide bonds. The first kappa shape index (κ1) is 10.5. The largest absolute Gasteiger partial charge is 0.382 e. The second kappa shape index (κ2) is 4.23. The Kier molecular flexibility index (Phi) is 2.95. The Hall–Kier alpha value is -1.03. The molecule has 0 radical (unpaired) electrons. The molecular formula is C11H13BrN2O. The topological polar surface area (TPSA) is 41.1 Å². The van der Waals surface area contributed by atoms with E-state index in [1.165, 1.54) is 5.56 Å². The zero-order chi connectivity index (χ0) is 10.8. The molecule has 0 fully saturated rings. The predicted molar refractivity (Wildman–Crippen MR) is 65.3 cm³/mol. The maximum absolute atomic E-state index is 11.4. The summed E-state index contributed by atoms with van der Waals surface area (Å²) in [5.74, 6) is 0.0707. The number of rotatable bonds is 1. The van der Waals surface area contributed by atoms with Crippen LogP contribution in [0.1, 0.15) is 18.9 Å². The summed E-state index contributed by atoms with van der Waals surface area (Å²) in [4.78, 5) is 11.4. The summed E-state index contributed by atoms with van der Waals surface area (Å²) >= 11 is 3.51. The van der Waals surface area contributed by atoms with Gasteiger partial charge in [-0.15, -0.1) is 0 Å². The summed E-state index contributed by atoms with van der Waals surface area (Å²) in [5, 5.41) is 6.15. The van der Waals surface area contributed by atoms with Crippen molar-refractivity contribution in [1.82, 2.24) is 0 Å². The van der Waals surface area contributed by atoms with Crippen LogP contribution in [0.2, 0.25) is 0 Å². The summed E-state index contributed by atoms with van der Waals surface area (Å²) in [6.45, 7) is 2.78. The molecule has 1 aliphatic rings. The van der Waals surface area contributed by atoms with Crippen LogP contribution < -0.4 is 10.6 Å². The van der Waals surface area contributed by atoms with E-state index in [9.17, 15) is 4.79 Å². The van der Waals surface area contributed by atoms with E-state index in [2.05, 4.69) is 39.6 Å². The Labute approximate surface area is 97.4 Å². The number of benzene rings is 1. The molecule has 80 valence electrons. The average Bonchev–Trinajstić information content (AvgIpc) is 2.39. The smallest absolute Gasteiger partial charge is 0.226 e. The molecule has 1 heterocycles. The van der Waals surface area contributed by atoms with Crippen molar-refractivity contribution in [3.05, 3.63) is 22.2 Å². The van der Waals surface area contributed by atoms with Gasteiger partial charge in [0.1, 0.15) is 0 Å². The van der Waals surface area contributed by atoms with Gasteiger partial charge in [0.25, 0.3) is 0 Å². The molecule has 0 bridgehead atoms. The van der Waals surface area contributed by atoms with Crippen LogP contribution in [0.5, 0.6) is 0 Å². The summed E-state index contributed by atoms with van der Waals surface area (Å²) in [5.41, 5.74) is 3.08. The Balaban J connectivity index is 2.47. The molecule has 2 rings (SSSR count). The zero-order valence-corrected chi connectivity index (χ0v) is 10.1. The van der Waals surface area contributed by atoms with Crippen molar-refractivity contribution in [2.75, 3.05) is 17.2 Å². The quantitative estimate of drug-likeness (QED) is 0.823. The van der Waals surface area contributed by atoms with Gasteiger partial charge in [-0.2, -0.15) is 0 Å². The standard InChI is InChI=1S/C11H13BrN2O/c1-2-7-5-8(12)11-9(6-7)14-10(15)3-4-13-11/h5-6,13H,2-4H2,1H3,(H,14,15). The molecule has 0 saturated heterocycles. The maximum Gasteiger partial charge on any atom is 0.226 e. The molecule has 1 aliphatic heterocycles. The van der Waals surface area contributed by atoms with Crippen molar-refractivity contribution in [2.24, 2.45) is 0 Å². The molecule has 2 N–H and O–H groups in total. The number of aryl methyl sites for hydroxylation is 1. The highest BCUT2D eigenvalue weighted by Crippen LogP contribution is 2.33. The van der Waals surface area contributed by atoms with E-state index in [0.29, 0.717) is 13.0 Å². The van der Waals surface area contributed by atoms with Crippen molar-refractivity contribution in [2.45, 2.75) is 19.8 Å². The lowest BCUT2D eigenvalue weighted by Gasteiger charge is -2.11. The number of fused-ring (bicyclic) bond motifs is 1. The van der Waals surface area contributed by atoms with Crippen LogP contribution in [0.3, 0.4) is 0 Å². The van der Waals surface area contributed by atoms with E-state index in [0.717, 1.165) is 22.3 Å². The van der Waals surface area contributed by atoms with Gasteiger partial charge in [-0.1, -0.05) is 6.92 Å². The first-order valence-corrected chi connectivity index (χ1v) is 5.86. The number of hydrogen-bond donors (Lipinski definition) is 2. The third-order valence-electron chi connectivity index (χ3n) is 2.49. The molecule has 0 spiro atoms. The van der Waals surface area contributed by atoms with E-state index in [1.807, 2.05) is 6.07 Å². The number of nitrogens with one attached hydrogen (secondary N) is 2. The van der Waals surface area contributed by atoms with Crippen LogP contribution >= 0.6 is 15.9 Å². The molecule has 15 heavy (non-hydrogen) atoms. The van der Waals surface area contributed by atoms with Gasteiger partial charge in [-0.3, -0.25) is 4.79 Å². The first-order chi connectivity index (χ1) is 7.20. The van der Waals surface area contributed by atoms with Gasteiger partial charge in [0.2, 0.25) is 5.91 Å². The van der Waals surface area contributed by atoms with Crippen molar-refractivity contribution >= 4 is 33.2 Å². The highest BCUT2D eigenvalue weighted by Gasteiger charge is 2.15. The van der Waals surface area contributed by atoms with Crippen LogP contribution in [0.25, 0.3) is 0 Å². The Morgan fingerprint density at radius 3 is 3.00 bits per heavy atom. The molecule has 0 saturated carbocycles. The average molecular weight is 269 g/mol. The predicted octanol–water partition coefficient (Wildman–Crippen LogP) is 2.77. The Morgan fingerprint density at radius 1 is 1.47 bits per heavy atom. The van der Waals surface area contributed by atoms with E-state index in [-0.39, 0.29) is 5.91 Å².